The van der Waals surface area contributed by atoms with Crippen molar-refractivity contribution in [3.63, 3.8) is 0 Å². The first-order chi connectivity index (χ1) is 5.02. The fraction of sp³-hybridized carbons (Fsp3) is 0. The lowest BCUT2D eigenvalue weighted by Crippen LogP contribution is -2.02. The van der Waals surface area contributed by atoms with Crippen LogP contribution in [0.15, 0.2) is 29.2 Å². The largest absolute Gasteiger partial charge is 0.255 e. The van der Waals surface area contributed by atoms with Crippen LogP contribution >= 0.6 is 22.6 Å². The van der Waals surface area contributed by atoms with Gasteiger partial charge in [0.1, 0.15) is 0 Å². The SMILES string of the molecule is [NH]S(=O)(=O)c1ccccc1I. The molecule has 1 aromatic rings. The molecule has 0 atom stereocenters. The summed E-state index contributed by atoms with van der Waals surface area (Å²) in [6, 6.07) is 6.41. The van der Waals surface area contributed by atoms with Crippen LogP contribution in [0.5, 0.6) is 0 Å². The minimum Gasteiger partial charge on any atom is -0.206 e. The van der Waals surface area contributed by atoms with Crippen LogP contribution in [-0.2, 0) is 10.0 Å². The second kappa shape index (κ2) is 3.08. The Hall–Kier alpha value is -0.140. The molecule has 0 aliphatic rings. The zero-order valence-electron chi connectivity index (χ0n) is 5.41. The van der Waals surface area contributed by atoms with Gasteiger partial charge in [0, 0.05) is 3.57 Å². The van der Waals surface area contributed by atoms with Crippen LogP contribution in [0, 0.1) is 3.57 Å². The maximum Gasteiger partial charge on any atom is 0.255 e. The molecule has 0 aromatic heterocycles. The van der Waals surface area contributed by atoms with Crippen LogP contribution in [0.3, 0.4) is 0 Å². The normalized spacial score (nSPS) is 11.5. The zero-order chi connectivity index (χ0) is 8.48. The van der Waals surface area contributed by atoms with Gasteiger partial charge in [-0.2, -0.15) is 0 Å². The van der Waals surface area contributed by atoms with Gasteiger partial charge < -0.3 is 0 Å². The molecule has 0 saturated carbocycles. The van der Waals surface area contributed by atoms with Crippen molar-refractivity contribution in [1.29, 1.82) is 0 Å². The lowest BCUT2D eigenvalue weighted by molar-refractivity contribution is 0.595. The van der Waals surface area contributed by atoms with Gasteiger partial charge in [-0.25, -0.2) is 8.42 Å². The average molecular weight is 282 g/mol. The van der Waals surface area contributed by atoms with Crippen LogP contribution in [0.2, 0.25) is 0 Å². The van der Waals surface area contributed by atoms with Crippen LogP contribution in [0.4, 0.5) is 0 Å². The van der Waals surface area contributed by atoms with E-state index < -0.39 is 10.0 Å². The van der Waals surface area contributed by atoms with Crippen molar-refractivity contribution in [2.45, 2.75) is 4.90 Å². The Morgan fingerprint density at radius 1 is 1.27 bits per heavy atom. The van der Waals surface area contributed by atoms with Gasteiger partial charge in [0.15, 0.2) is 0 Å². The van der Waals surface area contributed by atoms with E-state index in [2.05, 4.69) is 0 Å². The van der Waals surface area contributed by atoms with Gasteiger partial charge in [0.25, 0.3) is 10.0 Å². The molecule has 0 heterocycles. The maximum atomic E-state index is 10.7. The maximum absolute atomic E-state index is 10.7. The van der Waals surface area contributed by atoms with Gasteiger partial charge in [-0.1, -0.05) is 12.1 Å². The number of nitrogens with one attached hydrogen (secondary N) is 1. The number of benzene rings is 1. The lowest BCUT2D eigenvalue weighted by atomic mass is 10.4. The summed E-state index contributed by atoms with van der Waals surface area (Å²) in [7, 11) is -3.79. The number of sulfonamides is 1. The smallest absolute Gasteiger partial charge is 0.206 e. The Bertz CT molecular complexity index is 361. The van der Waals surface area contributed by atoms with Crippen LogP contribution < -0.4 is 5.14 Å². The van der Waals surface area contributed by atoms with Gasteiger partial charge in [0.05, 0.1) is 4.90 Å². The van der Waals surface area contributed by atoms with Gasteiger partial charge in [-0.15, -0.1) is 5.14 Å². The fourth-order valence-corrected chi connectivity index (χ4v) is 2.50. The predicted octanol–water partition coefficient (Wildman–Crippen LogP) is 1.26. The average Bonchev–Trinajstić information content (AvgIpc) is 1.86. The van der Waals surface area contributed by atoms with E-state index in [-0.39, 0.29) is 4.90 Å². The standard InChI is InChI=1S/C6H5INO2S/c7-5-3-1-2-4-6(5)11(8,9)10/h1-4,8H. The van der Waals surface area contributed by atoms with E-state index in [1.54, 1.807) is 18.2 Å². The first-order valence-corrected chi connectivity index (χ1v) is 5.32. The summed E-state index contributed by atoms with van der Waals surface area (Å²) in [5.41, 5.74) is 0. The van der Waals surface area contributed by atoms with E-state index in [0.29, 0.717) is 3.57 Å². The Labute approximate surface area is 78.8 Å². The van der Waals surface area contributed by atoms with Crippen molar-refractivity contribution in [1.82, 2.24) is 5.14 Å². The summed E-state index contributed by atoms with van der Waals surface area (Å²) in [4.78, 5) is 0.0700. The molecule has 0 fully saturated rings. The zero-order valence-corrected chi connectivity index (χ0v) is 8.39. The number of rotatable bonds is 1. The summed E-state index contributed by atoms with van der Waals surface area (Å²) < 4.78 is 22.0. The van der Waals surface area contributed by atoms with Crippen molar-refractivity contribution < 1.29 is 8.42 Å². The van der Waals surface area contributed by atoms with Crippen molar-refractivity contribution >= 4 is 32.6 Å². The monoisotopic (exact) mass is 282 g/mol. The highest BCUT2D eigenvalue weighted by atomic mass is 127. The molecule has 0 bridgehead atoms. The van der Waals surface area contributed by atoms with E-state index >= 15 is 0 Å². The lowest BCUT2D eigenvalue weighted by Gasteiger charge is -1.97. The third-order valence-electron chi connectivity index (χ3n) is 1.13. The summed E-state index contributed by atoms with van der Waals surface area (Å²) in [5, 5.41) is 6.78. The molecular weight excluding hydrogens is 277 g/mol. The molecule has 5 heteroatoms. The highest BCUT2D eigenvalue weighted by Gasteiger charge is 2.10. The second-order valence-electron chi connectivity index (χ2n) is 1.93. The first-order valence-electron chi connectivity index (χ1n) is 2.76. The molecule has 0 aliphatic heterocycles. The van der Waals surface area contributed by atoms with Crippen molar-refractivity contribution in [2.75, 3.05) is 0 Å². The molecule has 59 valence electrons. The molecule has 1 N–H and O–H groups in total. The van der Waals surface area contributed by atoms with E-state index in [4.69, 9.17) is 5.14 Å². The Balaban J connectivity index is 3.37. The van der Waals surface area contributed by atoms with E-state index in [1.807, 2.05) is 22.6 Å². The molecular formula is C6H5INO2S. The highest BCUT2D eigenvalue weighted by Crippen LogP contribution is 2.15. The van der Waals surface area contributed by atoms with Crippen molar-refractivity contribution in [3.05, 3.63) is 27.8 Å². The minimum absolute atomic E-state index is 0.0700. The topological polar surface area (TPSA) is 57.9 Å². The number of hydrogen-bond donors (Lipinski definition) is 0. The van der Waals surface area contributed by atoms with E-state index in [0.717, 1.165) is 0 Å². The molecule has 11 heavy (non-hydrogen) atoms. The molecule has 0 aliphatic carbocycles. The van der Waals surface area contributed by atoms with Crippen molar-refractivity contribution in [3.8, 4) is 0 Å². The third kappa shape index (κ3) is 2.14. The van der Waals surface area contributed by atoms with Gasteiger partial charge >= 0.3 is 0 Å². The van der Waals surface area contributed by atoms with Crippen LogP contribution in [0.25, 0.3) is 0 Å². The van der Waals surface area contributed by atoms with Gasteiger partial charge in [-0.3, -0.25) is 0 Å². The number of hydrogen-bond acceptors (Lipinski definition) is 2. The quantitative estimate of drug-likeness (QED) is 0.728. The van der Waals surface area contributed by atoms with Crippen molar-refractivity contribution in [2.24, 2.45) is 0 Å². The van der Waals surface area contributed by atoms with Gasteiger partial charge in [-0.05, 0) is 34.7 Å². The molecule has 1 radical (unpaired) electrons. The van der Waals surface area contributed by atoms with Crippen LogP contribution in [-0.4, -0.2) is 8.42 Å². The molecule has 0 amide bonds. The van der Waals surface area contributed by atoms with Gasteiger partial charge in [0.2, 0.25) is 0 Å². The summed E-state index contributed by atoms with van der Waals surface area (Å²) in [5.74, 6) is 0. The Morgan fingerprint density at radius 2 is 1.82 bits per heavy atom. The molecule has 0 saturated heterocycles. The Kier molecular flexibility index (Phi) is 2.50. The fourth-order valence-electron chi connectivity index (χ4n) is 0.663. The molecule has 0 unspecified atom stereocenters. The summed E-state index contributed by atoms with van der Waals surface area (Å²) in [6.07, 6.45) is 0. The molecule has 1 aromatic carbocycles. The van der Waals surface area contributed by atoms with Crippen LogP contribution in [0.1, 0.15) is 0 Å². The molecule has 0 spiro atoms. The summed E-state index contributed by atoms with van der Waals surface area (Å²) in [6.45, 7) is 0. The minimum atomic E-state index is -3.79. The van der Waals surface area contributed by atoms with E-state index in [1.165, 1.54) is 6.07 Å². The molecule has 3 nitrogen and oxygen atoms in total. The van der Waals surface area contributed by atoms with E-state index in [9.17, 15) is 8.42 Å². The number of halogens is 1. The second-order valence-corrected chi connectivity index (χ2v) is 4.54. The highest BCUT2D eigenvalue weighted by molar-refractivity contribution is 14.1. The Morgan fingerprint density at radius 3 is 2.18 bits per heavy atom. The predicted molar refractivity (Wildman–Crippen MR) is 49.4 cm³/mol. The molecule has 1 rings (SSSR count). The first kappa shape index (κ1) is 8.95. The third-order valence-corrected chi connectivity index (χ3v) is 3.37. The summed E-state index contributed by atoms with van der Waals surface area (Å²) >= 11 is 1.89.